The Hall–Kier alpha value is -1.55. The van der Waals surface area contributed by atoms with Gasteiger partial charge in [-0.15, -0.1) is 0 Å². The predicted molar refractivity (Wildman–Crippen MR) is 83.8 cm³/mol. The second kappa shape index (κ2) is 5.34. The fourth-order valence-corrected chi connectivity index (χ4v) is 3.16. The van der Waals surface area contributed by atoms with Crippen LogP contribution in [0.25, 0.3) is 0 Å². The van der Waals surface area contributed by atoms with Crippen LogP contribution in [-0.2, 0) is 11.2 Å². The van der Waals surface area contributed by atoms with Crippen LogP contribution >= 0.6 is 0 Å². The van der Waals surface area contributed by atoms with E-state index in [-0.39, 0.29) is 22.5 Å². The van der Waals surface area contributed by atoms with E-state index in [1.807, 2.05) is 0 Å². The van der Waals surface area contributed by atoms with Crippen molar-refractivity contribution < 1.29 is 9.90 Å². The fraction of sp³-hybridized carbons (Fsp3) is 0.588. The topological polar surface area (TPSA) is 75.4 Å². The molecule has 4 nitrogen and oxygen atoms in total. The molecule has 0 bridgehead atoms. The summed E-state index contributed by atoms with van der Waals surface area (Å²) >= 11 is 0. The molecule has 0 aromatic heterocycles. The highest BCUT2D eigenvalue weighted by Gasteiger charge is 2.64. The minimum atomic E-state index is -0.556. The Bertz CT molecular complexity index is 506. The van der Waals surface area contributed by atoms with Gasteiger partial charge in [0.2, 0.25) is 5.91 Å². The third-order valence-electron chi connectivity index (χ3n) is 5.53. The van der Waals surface area contributed by atoms with Crippen molar-refractivity contribution in [2.75, 3.05) is 6.54 Å². The Morgan fingerprint density at radius 3 is 2.24 bits per heavy atom. The Morgan fingerprint density at radius 1 is 1.24 bits per heavy atom. The van der Waals surface area contributed by atoms with E-state index in [2.05, 4.69) is 33.0 Å². The highest BCUT2D eigenvalue weighted by Crippen LogP contribution is 2.67. The zero-order valence-electron chi connectivity index (χ0n) is 13.3. The van der Waals surface area contributed by atoms with Gasteiger partial charge in [0.25, 0.3) is 0 Å². The number of aromatic hydroxyl groups is 1. The number of carbonyl (C=O) groups is 1. The van der Waals surface area contributed by atoms with Crippen molar-refractivity contribution in [1.29, 1.82) is 0 Å². The molecule has 1 amide bonds. The monoisotopic (exact) mass is 290 g/mol. The van der Waals surface area contributed by atoms with Gasteiger partial charge in [-0.2, -0.15) is 0 Å². The van der Waals surface area contributed by atoms with Crippen LogP contribution in [0.3, 0.4) is 0 Å². The highest BCUT2D eigenvalue weighted by molar-refractivity contribution is 5.81. The molecular formula is C17H26N2O2. The van der Waals surface area contributed by atoms with Gasteiger partial charge >= 0.3 is 0 Å². The van der Waals surface area contributed by atoms with E-state index in [4.69, 9.17) is 5.73 Å². The van der Waals surface area contributed by atoms with E-state index in [1.54, 1.807) is 24.3 Å². The number of carbonyl (C=O) groups excluding carboxylic acids is 1. The van der Waals surface area contributed by atoms with Crippen LogP contribution in [0.2, 0.25) is 0 Å². The van der Waals surface area contributed by atoms with E-state index in [1.165, 1.54) is 0 Å². The quantitative estimate of drug-likeness (QED) is 0.777. The van der Waals surface area contributed by atoms with Crippen molar-refractivity contribution in [1.82, 2.24) is 5.32 Å². The van der Waals surface area contributed by atoms with Crippen molar-refractivity contribution in [2.24, 2.45) is 22.5 Å². The van der Waals surface area contributed by atoms with Crippen LogP contribution in [0.5, 0.6) is 5.75 Å². The maximum atomic E-state index is 12.1. The third-order valence-corrected chi connectivity index (χ3v) is 5.53. The molecule has 2 rings (SSSR count). The van der Waals surface area contributed by atoms with Gasteiger partial charge < -0.3 is 16.2 Å². The Balaban J connectivity index is 1.82. The van der Waals surface area contributed by atoms with Crippen LogP contribution in [-0.4, -0.2) is 23.6 Å². The van der Waals surface area contributed by atoms with E-state index >= 15 is 0 Å². The molecule has 4 heteroatoms. The number of rotatable bonds is 5. The average molecular weight is 290 g/mol. The molecule has 1 fully saturated rings. The second-order valence-electron chi connectivity index (χ2n) is 7.22. The van der Waals surface area contributed by atoms with Crippen molar-refractivity contribution in [3.05, 3.63) is 29.8 Å². The minimum absolute atomic E-state index is 0.110. The van der Waals surface area contributed by atoms with Crippen LogP contribution in [0.4, 0.5) is 0 Å². The van der Waals surface area contributed by atoms with E-state index < -0.39 is 6.04 Å². The Morgan fingerprint density at radius 2 is 1.76 bits per heavy atom. The van der Waals surface area contributed by atoms with Crippen LogP contribution < -0.4 is 11.1 Å². The van der Waals surface area contributed by atoms with E-state index in [9.17, 15) is 9.90 Å². The molecule has 116 valence electrons. The molecule has 1 atom stereocenters. The summed E-state index contributed by atoms with van der Waals surface area (Å²) in [5, 5.41) is 12.2. The maximum Gasteiger partial charge on any atom is 0.237 e. The molecule has 21 heavy (non-hydrogen) atoms. The Labute approximate surface area is 126 Å². The first-order chi connectivity index (χ1) is 9.66. The number of phenolic OH excluding ortho intramolecular Hbond substituents is 1. The van der Waals surface area contributed by atoms with Gasteiger partial charge in [0, 0.05) is 6.54 Å². The molecular weight excluding hydrogens is 264 g/mol. The SMILES string of the molecule is CC1(C)C(CNC(=O)[C@H](N)Cc2ccc(O)cc2)C1(C)C. The Kier molecular flexibility index (Phi) is 4.02. The molecule has 1 saturated carbocycles. The second-order valence-corrected chi connectivity index (χ2v) is 7.22. The predicted octanol–water partition coefficient (Wildman–Crippen LogP) is 2.06. The summed E-state index contributed by atoms with van der Waals surface area (Å²) in [6.07, 6.45) is 0.476. The van der Waals surface area contributed by atoms with Gasteiger partial charge in [-0.05, 0) is 40.9 Å². The molecule has 1 aliphatic carbocycles. The molecule has 0 unspecified atom stereocenters. The van der Waals surface area contributed by atoms with Gasteiger partial charge in [0.1, 0.15) is 5.75 Å². The number of hydrogen-bond donors (Lipinski definition) is 3. The first kappa shape index (κ1) is 15.8. The standard InChI is InChI=1S/C17H26N2O2/c1-16(2)14(17(16,3)4)10-19-15(21)13(18)9-11-5-7-12(20)8-6-11/h5-8,13-14,20H,9-10,18H2,1-4H3,(H,19,21)/t13-/m1/s1. The summed E-state index contributed by atoms with van der Waals surface area (Å²) in [7, 11) is 0. The first-order valence-electron chi connectivity index (χ1n) is 7.47. The molecule has 1 aromatic rings. The average Bonchev–Trinajstić information content (AvgIpc) is 2.79. The van der Waals surface area contributed by atoms with Crippen molar-refractivity contribution >= 4 is 5.91 Å². The molecule has 0 saturated heterocycles. The van der Waals surface area contributed by atoms with Gasteiger partial charge in [-0.25, -0.2) is 0 Å². The summed E-state index contributed by atoms with van der Waals surface area (Å²) in [4.78, 5) is 12.1. The number of phenols is 1. The van der Waals surface area contributed by atoms with Crippen LogP contribution in [0.15, 0.2) is 24.3 Å². The van der Waals surface area contributed by atoms with Gasteiger partial charge in [-0.1, -0.05) is 39.8 Å². The largest absolute Gasteiger partial charge is 0.508 e. The number of benzene rings is 1. The summed E-state index contributed by atoms with van der Waals surface area (Å²) < 4.78 is 0. The van der Waals surface area contributed by atoms with E-state index in [0.29, 0.717) is 18.9 Å². The summed E-state index contributed by atoms with van der Waals surface area (Å²) in [6, 6.07) is 6.23. The number of amides is 1. The van der Waals surface area contributed by atoms with E-state index in [0.717, 1.165) is 5.56 Å². The number of nitrogens with one attached hydrogen (secondary N) is 1. The lowest BCUT2D eigenvalue weighted by Gasteiger charge is -2.13. The van der Waals surface area contributed by atoms with Gasteiger partial charge in [-0.3, -0.25) is 4.79 Å². The minimum Gasteiger partial charge on any atom is -0.508 e. The zero-order valence-corrected chi connectivity index (χ0v) is 13.3. The lowest BCUT2D eigenvalue weighted by molar-refractivity contribution is -0.122. The molecule has 0 spiro atoms. The third kappa shape index (κ3) is 3.05. The van der Waals surface area contributed by atoms with Crippen molar-refractivity contribution in [3.63, 3.8) is 0 Å². The summed E-state index contributed by atoms with van der Waals surface area (Å²) in [5.41, 5.74) is 7.43. The lowest BCUT2D eigenvalue weighted by atomic mass is 10.0. The van der Waals surface area contributed by atoms with Crippen LogP contribution in [0.1, 0.15) is 33.3 Å². The molecule has 1 aromatic carbocycles. The summed E-state index contributed by atoms with van der Waals surface area (Å²) in [6.45, 7) is 9.63. The van der Waals surface area contributed by atoms with Gasteiger partial charge in [0.05, 0.1) is 6.04 Å². The number of nitrogens with two attached hydrogens (primary N) is 1. The zero-order chi connectivity index (χ0) is 15.8. The first-order valence-corrected chi connectivity index (χ1v) is 7.47. The van der Waals surface area contributed by atoms with Crippen molar-refractivity contribution in [2.45, 2.75) is 40.2 Å². The van der Waals surface area contributed by atoms with Gasteiger partial charge in [0.15, 0.2) is 0 Å². The van der Waals surface area contributed by atoms with Crippen molar-refractivity contribution in [3.8, 4) is 5.75 Å². The lowest BCUT2D eigenvalue weighted by Crippen LogP contribution is -2.43. The normalized spacial score (nSPS) is 20.8. The molecule has 1 aliphatic rings. The molecule has 0 aliphatic heterocycles. The fourth-order valence-electron chi connectivity index (χ4n) is 3.16. The molecule has 0 heterocycles. The maximum absolute atomic E-state index is 12.1. The molecule has 0 radical (unpaired) electrons. The number of hydrogen-bond acceptors (Lipinski definition) is 3. The molecule has 4 N–H and O–H groups in total. The smallest absolute Gasteiger partial charge is 0.237 e. The van der Waals surface area contributed by atoms with Crippen LogP contribution in [0, 0.1) is 16.7 Å². The summed E-state index contributed by atoms with van der Waals surface area (Å²) in [5.74, 6) is 0.603. The highest BCUT2D eigenvalue weighted by atomic mass is 16.3.